The Labute approximate surface area is 124 Å². The van der Waals surface area contributed by atoms with Gasteiger partial charge in [0, 0.05) is 16.9 Å². The summed E-state index contributed by atoms with van der Waals surface area (Å²) >= 11 is 10.5. The van der Waals surface area contributed by atoms with E-state index in [4.69, 9.17) is 11.6 Å². The van der Waals surface area contributed by atoms with Crippen LogP contribution in [0.1, 0.15) is 13.3 Å². The van der Waals surface area contributed by atoms with Crippen LogP contribution in [-0.2, 0) is 4.79 Å². The van der Waals surface area contributed by atoms with Crippen LogP contribution in [0.15, 0.2) is 60.0 Å². The predicted octanol–water partition coefficient (Wildman–Crippen LogP) is 3.32. The summed E-state index contributed by atoms with van der Waals surface area (Å²) in [5.41, 5.74) is 1.96. The first-order chi connectivity index (χ1) is 9.13. The number of allylic oxidation sites excluding steroid dienone is 6. The lowest BCUT2D eigenvalue weighted by molar-refractivity contribution is -0.119. The number of hydrogen-bond donors (Lipinski definition) is 2. The summed E-state index contributed by atoms with van der Waals surface area (Å²) in [5, 5.41) is 5.89. The molecule has 0 aromatic rings. The molecule has 0 fully saturated rings. The topological polar surface area (TPSA) is 41.1 Å². The van der Waals surface area contributed by atoms with Crippen LogP contribution in [0.5, 0.6) is 0 Å². The van der Waals surface area contributed by atoms with Crippen molar-refractivity contribution >= 4 is 35.2 Å². The third-order valence-electron chi connectivity index (χ3n) is 1.81. The number of carbonyl (C=O) groups is 1. The highest BCUT2D eigenvalue weighted by Gasteiger charge is 2.04. The second-order valence-corrected chi connectivity index (χ2v) is 4.06. The Balaban J connectivity index is 4.52. The number of halogens is 1. The lowest BCUT2D eigenvalue weighted by atomic mass is 10.3. The SMILES string of the molecule is C=C/C=C(\C=C\NC=S)NC(=O)C/C(Cl)=C\C=C/C. The Hall–Kier alpha value is -1.65. The molecule has 3 nitrogen and oxygen atoms in total. The number of nitrogens with one attached hydrogen (secondary N) is 2. The minimum Gasteiger partial charge on any atom is -0.359 e. The number of carbonyl (C=O) groups excluding carboxylic acids is 1. The van der Waals surface area contributed by atoms with Gasteiger partial charge in [-0.25, -0.2) is 0 Å². The summed E-state index contributed by atoms with van der Waals surface area (Å²) in [5.74, 6) is -0.203. The average molecular weight is 297 g/mol. The Morgan fingerprint density at radius 2 is 2.16 bits per heavy atom. The van der Waals surface area contributed by atoms with E-state index in [2.05, 4.69) is 29.4 Å². The highest BCUT2D eigenvalue weighted by Crippen LogP contribution is 2.07. The van der Waals surface area contributed by atoms with Crippen molar-refractivity contribution in [1.82, 2.24) is 10.6 Å². The van der Waals surface area contributed by atoms with Gasteiger partial charge in [-0.15, -0.1) is 0 Å². The highest BCUT2D eigenvalue weighted by molar-refractivity contribution is 7.78. The van der Waals surface area contributed by atoms with Crippen molar-refractivity contribution in [3.05, 3.63) is 60.0 Å². The first-order valence-corrected chi connectivity index (χ1v) is 6.45. The monoisotopic (exact) mass is 296 g/mol. The second-order valence-electron chi connectivity index (χ2n) is 3.34. The molecule has 0 aliphatic carbocycles. The molecule has 0 aliphatic rings. The molecule has 0 bridgehead atoms. The fourth-order valence-electron chi connectivity index (χ4n) is 1.06. The summed E-state index contributed by atoms with van der Waals surface area (Å²) in [7, 11) is 0. The van der Waals surface area contributed by atoms with E-state index in [0.717, 1.165) is 0 Å². The van der Waals surface area contributed by atoms with Crippen molar-refractivity contribution in [2.75, 3.05) is 0 Å². The summed E-state index contributed by atoms with van der Waals surface area (Å²) in [4.78, 5) is 11.7. The molecule has 0 saturated carbocycles. The molecule has 0 atom stereocenters. The molecule has 0 radical (unpaired) electrons. The standard InChI is InChI=1S/C14H17ClN2OS/c1-3-5-7-12(15)10-14(18)17-13(6-4-2)8-9-16-11-19/h3-9,11H,2,10H2,1H3,(H,16,19)(H,17,18)/b5-3-,9-8+,12-7+,13-6+. The molecule has 0 rings (SSSR count). The van der Waals surface area contributed by atoms with Crippen molar-refractivity contribution in [2.45, 2.75) is 13.3 Å². The van der Waals surface area contributed by atoms with Gasteiger partial charge in [-0.05, 0) is 25.2 Å². The molecule has 5 heteroatoms. The third-order valence-corrected chi connectivity index (χ3v) is 2.20. The van der Waals surface area contributed by atoms with Gasteiger partial charge in [0.25, 0.3) is 0 Å². The van der Waals surface area contributed by atoms with Crippen molar-refractivity contribution in [2.24, 2.45) is 0 Å². The summed E-state index contributed by atoms with van der Waals surface area (Å²) in [6.45, 7) is 5.46. The maximum atomic E-state index is 11.7. The normalized spacial score (nSPS) is 12.7. The molecule has 0 heterocycles. The van der Waals surface area contributed by atoms with E-state index in [0.29, 0.717) is 10.7 Å². The van der Waals surface area contributed by atoms with E-state index >= 15 is 0 Å². The summed E-state index contributed by atoms with van der Waals surface area (Å²) in [6.07, 6.45) is 11.9. The number of amides is 1. The fourth-order valence-corrected chi connectivity index (χ4v) is 1.33. The van der Waals surface area contributed by atoms with Crippen LogP contribution >= 0.6 is 23.8 Å². The van der Waals surface area contributed by atoms with E-state index in [9.17, 15) is 4.79 Å². The quantitative estimate of drug-likeness (QED) is 0.533. The maximum Gasteiger partial charge on any atom is 0.229 e. The molecule has 0 spiro atoms. The van der Waals surface area contributed by atoms with Crippen molar-refractivity contribution in [1.29, 1.82) is 0 Å². The number of rotatable bonds is 8. The molecule has 0 aliphatic heterocycles. The zero-order chi connectivity index (χ0) is 14.5. The van der Waals surface area contributed by atoms with Crippen molar-refractivity contribution < 1.29 is 4.79 Å². The Kier molecular flexibility index (Phi) is 10.4. The maximum absolute atomic E-state index is 11.7. The minimum absolute atomic E-state index is 0.120. The summed E-state index contributed by atoms with van der Waals surface area (Å²) < 4.78 is 0. The number of hydrogen-bond acceptors (Lipinski definition) is 2. The predicted molar refractivity (Wildman–Crippen MR) is 85.7 cm³/mol. The number of thiocarbonyl (C=S) groups is 1. The lowest BCUT2D eigenvalue weighted by Crippen LogP contribution is -2.21. The molecule has 2 N–H and O–H groups in total. The van der Waals surface area contributed by atoms with E-state index in [1.54, 1.807) is 36.6 Å². The fraction of sp³-hybridized carbons (Fsp3) is 0.143. The minimum atomic E-state index is -0.203. The lowest BCUT2D eigenvalue weighted by Gasteiger charge is -2.05. The van der Waals surface area contributed by atoms with Crippen LogP contribution < -0.4 is 10.6 Å². The van der Waals surface area contributed by atoms with Gasteiger partial charge in [0.05, 0.1) is 11.9 Å². The average Bonchev–Trinajstić information content (AvgIpc) is 2.36. The smallest absolute Gasteiger partial charge is 0.229 e. The Bertz CT molecular complexity index is 437. The molecule has 0 unspecified atom stereocenters. The molecule has 19 heavy (non-hydrogen) atoms. The first kappa shape index (κ1) is 17.4. The van der Waals surface area contributed by atoms with Crippen LogP contribution in [-0.4, -0.2) is 11.4 Å². The van der Waals surface area contributed by atoms with Gasteiger partial charge < -0.3 is 10.6 Å². The molecule has 102 valence electrons. The van der Waals surface area contributed by atoms with Gasteiger partial charge in [-0.2, -0.15) is 0 Å². The van der Waals surface area contributed by atoms with Crippen LogP contribution in [0, 0.1) is 0 Å². The Morgan fingerprint density at radius 1 is 1.42 bits per heavy atom. The van der Waals surface area contributed by atoms with Crippen LogP contribution in [0.2, 0.25) is 0 Å². The van der Waals surface area contributed by atoms with Gasteiger partial charge in [-0.3, -0.25) is 4.79 Å². The zero-order valence-corrected chi connectivity index (χ0v) is 12.3. The van der Waals surface area contributed by atoms with Gasteiger partial charge in [0.15, 0.2) is 0 Å². The van der Waals surface area contributed by atoms with Crippen molar-refractivity contribution in [3.63, 3.8) is 0 Å². The largest absolute Gasteiger partial charge is 0.359 e. The highest BCUT2D eigenvalue weighted by atomic mass is 35.5. The molecule has 0 aromatic heterocycles. The molecule has 1 amide bonds. The Morgan fingerprint density at radius 3 is 2.74 bits per heavy atom. The van der Waals surface area contributed by atoms with E-state index in [1.807, 2.05) is 13.0 Å². The van der Waals surface area contributed by atoms with Gasteiger partial charge in [0.2, 0.25) is 5.91 Å². The van der Waals surface area contributed by atoms with Gasteiger partial charge in [0.1, 0.15) is 0 Å². The molecular weight excluding hydrogens is 280 g/mol. The molecule has 0 saturated heterocycles. The van der Waals surface area contributed by atoms with E-state index in [-0.39, 0.29) is 12.3 Å². The molecule has 0 aromatic carbocycles. The van der Waals surface area contributed by atoms with Gasteiger partial charge in [-0.1, -0.05) is 48.6 Å². The van der Waals surface area contributed by atoms with E-state index < -0.39 is 0 Å². The van der Waals surface area contributed by atoms with Crippen molar-refractivity contribution in [3.8, 4) is 0 Å². The first-order valence-electron chi connectivity index (χ1n) is 5.60. The molecular formula is C14H17ClN2OS. The van der Waals surface area contributed by atoms with Crippen LogP contribution in [0.3, 0.4) is 0 Å². The zero-order valence-electron chi connectivity index (χ0n) is 10.7. The van der Waals surface area contributed by atoms with Crippen LogP contribution in [0.4, 0.5) is 0 Å². The van der Waals surface area contributed by atoms with Gasteiger partial charge >= 0.3 is 0 Å². The second kappa shape index (κ2) is 11.4. The van der Waals surface area contributed by atoms with E-state index in [1.165, 1.54) is 5.49 Å². The summed E-state index contributed by atoms with van der Waals surface area (Å²) in [6, 6.07) is 0. The third kappa shape index (κ3) is 10.00. The van der Waals surface area contributed by atoms with Crippen LogP contribution in [0.25, 0.3) is 0 Å².